The molecule has 1 aromatic carbocycles. The lowest BCUT2D eigenvalue weighted by Crippen LogP contribution is -2.49. The summed E-state index contributed by atoms with van der Waals surface area (Å²) in [4.78, 5) is 36.5. The van der Waals surface area contributed by atoms with Gasteiger partial charge in [0.15, 0.2) is 16.5 Å². The van der Waals surface area contributed by atoms with Crippen LogP contribution in [0.25, 0.3) is 16.2 Å². The number of nitrogens with one attached hydrogen (secondary N) is 1. The smallest absolute Gasteiger partial charge is 0.272 e. The third-order valence-corrected chi connectivity index (χ3v) is 6.48. The van der Waals surface area contributed by atoms with Gasteiger partial charge in [-0.25, -0.2) is 18.7 Å². The zero-order chi connectivity index (χ0) is 27.2. The number of fused-ring (bicyclic) bond motifs is 2. The molecular formula is C26H21F2N5O4S. The Labute approximate surface area is 219 Å². The minimum Gasteiger partial charge on any atom is -0.487 e. The van der Waals surface area contributed by atoms with E-state index >= 15 is 0 Å². The van der Waals surface area contributed by atoms with Crippen molar-refractivity contribution in [2.24, 2.45) is 0 Å². The van der Waals surface area contributed by atoms with Crippen LogP contribution in [-0.2, 0) is 4.79 Å². The van der Waals surface area contributed by atoms with Gasteiger partial charge in [0.2, 0.25) is 0 Å². The molecule has 0 bridgehead atoms. The van der Waals surface area contributed by atoms with E-state index in [1.165, 1.54) is 39.9 Å². The summed E-state index contributed by atoms with van der Waals surface area (Å²) in [6, 6.07) is 5.43. The van der Waals surface area contributed by atoms with Crippen molar-refractivity contribution >= 4 is 33.9 Å². The molecule has 38 heavy (non-hydrogen) atoms. The van der Waals surface area contributed by atoms with Crippen LogP contribution in [-0.4, -0.2) is 56.6 Å². The number of amides is 2. The topological polar surface area (TPSA) is 109 Å². The molecule has 2 amide bonds. The molecule has 1 atom stereocenters. The first-order valence-corrected chi connectivity index (χ1v) is 12.3. The van der Waals surface area contributed by atoms with Crippen LogP contribution < -0.4 is 15.0 Å². The molecule has 194 valence electrons. The summed E-state index contributed by atoms with van der Waals surface area (Å²) in [6.45, 7) is 2.94. The second-order valence-electron chi connectivity index (χ2n) is 9.09. The van der Waals surface area contributed by atoms with Crippen LogP contribution in [0.15, 0.2) is 41.9 Å². The number of benzene rings is 1. The van der Waals surface area contributed by atoms with Gasteiger partial charge < -0.3 is 15.2 Å². The summed E-state index contributed by atoms with van der Waals surface area (Å²) < 4.78 is 35.0. The van der Waals surface area contributed by atoms with E-state index in [9.17, 15) is 23.5 Å². The normalized spacial score (nSPS) is 15.4. The summed E-state index contributed by atoms with van der Waals surface area (Å²) in [5, 5.41) is 14.1. The first-order chi connectivity index (χ1) is 18.0. The molecule has 0 radical (unpaired) electrons. The highest BCUT2D eigenvalue weighted by molar-refractivity contribution is 7.15. The summed E-state index contributed by atoms with van der Waals surface area (Å²) in [5.41, 5.74) is -0.291. The number of halogens is 2. The molecule has 12 heteroatoms. The molecule has 0 saturated heterocycles. The third kappa shape index (κ3) is 4.93. The van der Waals surface area contributed by atoms with E-state index in [1.54, 1.807) is 31.4 Å². The number of imidazole rings is 1. The lowest BCUT2D eigenvalue weighted by atomic mass is 10.1. The summed E-state index contributed by atoms with van der Waals surface area (Å²) in [7, 11) is 1.51. The van der Waals surface area contributed by atoms with Crippen molar-refractivity contribution in [1.29, 1.82) is 0 Å². The zero-order valence-electron chi connectivity index (χ0n) is 20.5. The van der Waals surface area contributed by atoms with Crippen LogP contribution >= 0.6 is 11.3 Å². The number of anilines is 1. The highest BCUT2D eigenvalue weighted by Gasteiger charge is 2.32. The van der Waals surface area contributed by atoms with Crippen molar-refractivity contribution in [2.45, 2.75) is 25.5 Å². The van der Waals surface area contributed by atoms with Gasteiger partial charge in [0.05, 0.1) is 5.69 Å². The number of likely N-dealkylation sites (N-methyl/N-ethyl adjacent to an activating group) is 1. The molecule has 1 aliphatic rings. The van der Waals surface area contributed by atoms with E-state index < -0.39 is 35.1 Å². The van der Waals surface area contributed by atoms with E-state index in [1.807, 2.05) is 0 Å². The number of carbonyl (C=O) groups is 2. The second-order valence-corrected chi connectivity index (χ2v) is 9.92. The molecule has 4 aromatic rings. The van der Waals surface area contributed by atoms with Gasteiger partial charge >= 0.3 is 0 Å². The fraction of sp³-hybridized carbons (Fsp3) is 0.231. The quantitative estimate of drug-likeness (QED) is 0.389. The number of pyridine rings is 1. The monoisotopic (exact) mass is 537 g/mol. The molecule has 1 unspecified atom stereocenters. The van der Waals surface area contributed by atoms with Crippen molar-refractivity contribution < 1.29 is 28.2 Å². The lowest BCUT2D eigenvalue weighted by Gasteiger charge is -2.19. The van der Waals surface area contributed by atoms with Gasteiger partial charge in [-0.2, -0.15) is 0 Å². The van der Waals surface area contributed by atoms with E-state index in [-0.39, 0.29) is 23.7 Å². The molecule has 2 N–H and O–H groups in total. The predicted octanol–water partition coefficient (Wildman–Crippen LogP) is 3.01. The molecule has 3 aromatic heterocycles. The minimum atomic E-state index is -1.21. The molecule has 1 aliphatic heterocycles. The Hall–Kier alpha value is -4.34. The van der Waals surface area contributed by atoms with E-state index in [4.69, 9.17) is 4.74 Å². The molecule has 0 fully saturated rings. The first kappa shape index (κ1) is 25.3. The number of hydrogen-bond donors (Lipinski definition) is 2. The molecule has 5 rings (SSSR count). The largest absolute Gasteiger partial charge is 0.487 e. The average Bonchev–Trinajstić information content (AvgIpc) is 3.43. The van der Waals surface area contributed by atoms with Crippen LogP contribution in [0.2, 0.25) is 0 Å². The number of nitrogens with zero attached hydrogens (tertiary/aromatic N) is 4. The first-order valence-electron chi connectivity index (χ1n) is 11.4. The minimum absolute atomic E-state index is 0.0140. The van der Waals surface area contributed by atoms with Crippen molar-refractivity contribution in [3.8, 4) is 28.8 Å². The Morgan fingerprint density at radius 1 is 1.26 bits per heavy atom. The maximum Gasteiger partial charge on any atom is 0.272 e. The standard InChI is InChI=1S/C26H21F2N5O4S/c1-26(2,36)9-8-15-5-7-21-22(29-15)32(3)24(35)19(12-37-21)30-23(34)18-11-33-20(13-38-25(33)31-18)16-6-4-14(27)10-17(16)28/h4-7,10-11,13,19,36H,12H2,1-3H3,(H,30,34). The molecule has 0 spiro atoms. The zero-order valence-corrected chi connectivity index (χ0v) is 21.3. The molecule has 9 nitrogen and oxygen atoms in total. The summed E-state index contributed by atoms with van der Waals surface area (Å²) in [6.07, 6.45) is 1.43. The van der Waals surface area contributed by atoms with Crippen LogP contribution in [0, 0.1) is 23.5 Å². The van der Waals surface area contributed by atoms with Crippen LogP contribution in [0.4, 0.5) is 14.6 Å². The Morgan fingerprint density at radius 2 is 2.05 bits per heavy atom. The number of aromatic nitrogens is 3. The molecule has 4 heterocycles. The maximum atomic E-state index is 14.3. The van der Waals surface area contributed by atoms with E-state index in [0.717, 1.165) is 12.1 Å². The SMILES string of the molecule is CN1C(=O)C(NC(=O)c2cn3c(-c4ccc(F)cc4F)csc3n2)COc2ccc(C#CC(C)(C)O)nc21. The molecule has 0 aliphatic carbocycles. The lowest BCUT2D eigenvalue weighted by molar-refractivity contribution is -0.120. The van der Waals surface area contributed by atoms with Gasteiger partial charge in [-0.05, 0) is 44.0 Å². The number of thiazole rings is 1. The van der Waals surface area contributed by atoms with Gasteiger partial charge in [-0.15, -0.1) is 11.3 Å². The molecular weight excluding hydrogens is 516 g/mol. The van der Waals surface area contributed by atoms with Gasteiger partial charge in [0, 0.05) is 30.3 Å². The van der Waals surface area contributed by atoms with Crippen LogP contribution in [0.5, 0.6) is 5.75 Å². The number of aliphatic hydroxyl groups is 1. The van der Waals surface area contributed by atoms with Crippen molar-refractivity contribution in [2.75, 3.05) is 18.6 Å². The maximum absolute atomic E-state index is 14.3. The van der Waals surface area contributed by atoms with Crippen molar-refractivity contribution in [3.63, 3.8) is 0 Å². The Bertz CT molecular complexity index is 1650. The highest BCUT2D eigenvalue weighted by Crippen LogP contribution is 2.30. The van der Waals surface area contributed by atoms with E-state index in [0.29, 0.717) is 22.1 Å². The summed E-state index contributed by atoms with van der Waals surface area (Å²) in [5.74, 6) is 3.46. The van der Waals surface area contributed by atoms with Crippen LogP contribution in [0.3, 0.4) is 0 Å². The Morgan fingerprint density at radius 3 is 2.79 bits per heavy atom. The van der Waals surface area contributed by atoms with Crippen molar-refractivity contribution in [3.05, 3.63) is 64.9 Å². The predicted molar refractivity (Wildman–Crippen MR) is 136 cm³/mol. The van der Waals surface area contributed by atoms with E-state index in [2.05, 4.69) is 27.1 Å². The number of rotatable bonds is 3. The van der Waals surface area contributed by atoms with Gasteiger partial charge in [-0.3, -0.25) is 18.9 Å². The van der Waals surface area contributed by atoms with Gasteiger partial charge in [0.25, 0.3) is 11.8 Å². The second kappa shape index (κ2) is 9.51. The van der Waals surface area contributed by atoms with Gasteiger partial charge in [0.1, 0.15) is 41.3 Å². The Kier molecular flexibility index (Phi) is 6.34. The van der Waals surface area contributed by atoms with Gasteiger partial charge in [-0.1, -0.05) is 5.92 Å². The third-order valence-electron chi connectivity index (χ3n) is 5.64. The molecule has 0 saturated carbocycles. The fourth-order valence-corrected chi connectivity index (χ4v) is 4.65. The summed E-state index contributed by atoms with van der Waals surface area (Å²) >= 11 is 1.19. The number of hydrogen-bond acceptors (Lipinski definition) is 7. The Balaban J connectivity index is 1.36. The van der Waals surface area contributed by atoms with Crippen molar-refractivity contribution in [1.82, 2.24) is 19.7 Å². The number of ether oxygens (including phenoxy) is 1. The highest BCUT2D eigenvalue weighted by atomic mass is 32.1. The van der Waals surface area contributed by atoms with Crippen LogP contribution in [0.1, 0.15) is 30.0 Å². The fourth-order valence-electron chi connectivity index (χ4n) is 3.78. The average molecular weight is 538 g/mol. The number of carbonyl (C=O) groups excluding carboxylic acids is 2.